The fourth-order valence-electron chi connectivity index (χ4n) is 8.79. The van der Waals surface area contributed by atoms with Gasteiger partial charge in [-0.3, -0.25) is 0 Å². The predicted molar refractivity (Wildman–Crippen MR) is 251 cm³/mol. The van der Waals surface area contributed by atoms with Crippen LogP contribution in [0.2, 0.25) is 0 Å². The minimum Gasteiger partial charge on any atom is -0.309 e. The summed E-state index contributed by atoms with van der Waals surface area (Å²) < 4.78 is 2.57. The molecule has 1 nitrogen and oxygen atoms in total. The summed E-state index contributed by atoms with van der Waals surface area (Å²) in [4.78, 5) is 2.48. The molecule has 0 saturated carbocycles. The fraction of sp³-hybridized carbons (Fsp3) is 0. The zero-order valence-corrected chi connectivity index (χ0v) is 32.5. The first-order chi connectivity index (χ1) is 28.8. The first-order valence-corrected chi connectivity index (χ1v) is 20.7. The molecule has 11 rings (SSSR count). The van der Waals surface area contributed by atoms with Crippen LogP contribution in [0.5, 0.6) is 0 Å². The molecule has 0 N–H and O–H groups in total. The smallest absolute Gasteiger partial charge is 0.0555 e. The van der Waals surface area contributed by atoms with Gasteiger partial charge in [-0.1, -0.05) is 188 Å². The fourth-order valence-corrected chi connectivity index (χ4v) is 9.92. The number of nitrogens with zero attached hydrogens (tertiary/aromatic N) is 1. The summed E-state index contributed by atoms with van der Waals surface area (Å²) in [5, 5.41) is 7.56. The molecule has 58 heavy (non-hydrogen) atoms. The molecule has 0 unspecified atom stereocenters. The summed E-state index contributed by atoms with van der Waals surface area (Å²) in [6.45, 7) is 0. The summed E-state index contributed by atoms with van der Waals surface area (Å²) in [7, 11) is 0. The number of rotatable bonds is 7. The van der Waals surface area contributed by atoms with Crippen molar-refractivity contribution in [2.24, 2.45) is 0 Å². The molecule has 2 heteroatoms. The molecule has 0 bridgehead atoms. The third kappa shape index (κ3) is 5.86. The van der Waals surface area contributed by atoms with E-state index in [1.165, 1.54) is 86.2 Å². The molecule has 0 atom stereocenters. The molecule has 0 aliphatic rings. The zero-order valence-electron chi connectivity index (χ0n) is 31.7. The van der Waals surface area contributed by atoms with Gasteiger partial charge in [-0.2, -0.15) is 0 Å². The van der Waals surface area contributed by atoms with E-state index in [1.54, 1.807) is 0 Å². The van der Waals surface area contributed by atoms with Crippen LogP contribution in [0.4, 0.5) is 17.1 Å². The summed E-state index contributed by atoms with van der Waals surface area (Å²) in [5.41, 5.74) is 13.1. The van der Waals surface area contributed by atoms with Gasteiger partial charge < -0.3 is 4.90 Å². The summed E-state index contributed by atoms with van der Waals surface area (Å²) in [6, 6.07) is 81.9. The SMILES string of the molecule is c1ccc(-c2cccc3cccc(-c4ccccc4N(c4ccc(-c5ccc(-c6cccc7ccccc67)cc5)cc4)c4cccc5sc6ccccc6c45)c23)cc1. The van der Waals surface area contributed by atoms with Gasteiger partial charge in [0.15, 0.2) is 0 Å². The van der Waals surface area contributed by atoms with E-state index in [2.05, 4.69) is 229 Å². The number of benzene rings is 10. The summed E-state index contributed by atoms with van der Waals surface area (Å²) in [5.74, 6) is 0. The quantitative estimate of drug-likeness (QED) is 0.157. The van der Waals surface area contributed by atoms with Crippen molar-refractivity contribution in [1.82, 2.24) is 0 Å². The Labute approximate surface area is 342 Å². The van der Waals surface area contributed by atoms with Crippen LogP contribution in [-0.4, -0.2) is 0 Å². The lowest BCUT2D eigenvalue weighted by Gasteiger charge is -2.29. The highest BCUT2D eigenvalue weighted by molar-refractivity contribution is 7.26. The lowest BCUT2D eigenvalue weighted by molar-refractivity contribution is 1.30. The number of para-hydroxylation sites is 1. The molecular weight excluding hydrogens is 719 g/mol. The van der Waals surface area contributed by atoms with E-state index in [0.29, 0.717) is 0 Å². The summed E-state index contributed by atoms with van der Waals surface area (Å²) >= 11 is 1.86. The molecule has 0 radical (unpaired) electrons. The van der Waals surface area contributed by atoms with Crippen molar-refractivity contribution >= 4 is 70.1 Å². The maximum atomic E-state index is 2.48. The molecule has 0 aliphatic carbocycles. The van der Waals surface area contributed by atoms with E-state index in [-0.39, 0.29) is 0 Å². The number of thiophene rings is 1. The zero-order chi connectivity index (χ0) is 38.4. The van der Waals surface area contributed by atoms with Gasteiger partial charge in [0, 0.05) is 31.4 Å². The second-order valence-corrected chi connectivity index (χ2v) is 15.9. The Morgan fingerprint density at radius 3 is 1.60 bits per heavy atom. The normalized spacial score (nSPS) is 11.4. The van der Waals surface area contributed by atoms with Crippen molar-refractivity contribution in [3.8, 4) is 44.5 Å². The third-order valence-electron chi connectivity index (χ3n) is 11.5. The maximum Gasteiger partial charge on any atom is 0.0555 e. The number of fused-ring (bicyclic) bond motifs is 5. The maximum absolute atomic E-state index is 2.48. The van der Waals surface area contributed by atoms with Gasteiger partial charge in [-0.15, -0.1) is 11.3 Å². The molecule has 1 aromatic heterocycles. The van der Waals surface area contributed by atoms with E-state index in [1.807, 2.05) is 11.3 Å². The van der Waals surface area contributed by atoms with E-state index in [0.717, 1.165) is 17.1 Å². The molecule has 0 amide bonds. The largest absolute Gasteiger partial charge is 0.309 e. The molecule has 0 aliphatic heterocycles. The van der Waals surface area contributed by atoms with Crippen molar-refractivity contribution in [1.29, 1.82) is 0 Å². The van der Waals surface area contributed by atoms with Crippen LogP contribution in [0.25, 0.3) is 86.2 Å². The van der Waals surface area contributed by atoms with Gasteiger partial charge in [0.05, 0.1) is 11.4 Å². The lowest BCUT2D eigenvalue weighted by Crippen LogP contribution is -2.11. The third-order valence-corrected chi connectivity index (χ3v) is 12.6. The van der Waals surface area contributed by atoms with Gasteiger partial charge in [-0.25, -0.2) is 0 Å². The highest BCUT2D eigenvalue weighted by Gasteiger charge is 2.22. The highest BCUT2D eigenvalue weighted by atomic mass is 32.1. The number of hydrogen-bond acceptors (Lipinski definition) is 2. The van der Waals surface area contributed by atoms with Crippen LogP contribution in [-0.2, 0) is 0 Å². The molecular formula is C56H37NS. The lowest BCUT2D eigenvalue weighted by atomic mass is 9.90. The summed E-state index contributed by atoms with van der Waals surface area (Å²) in [6.07, 6.45) is 0. The van der Waals surface area contributed by atoms with Crippen molar-refractivity contribution < 1.29 is 0 Å². The Morgan fingerprint density at radius 1 is 0.276 bits per heavy atom. The average Bonchev–Trinajstić information content (AvgIpc) is 3.69. The molecule has 0 spiro atoms. The van der Waals surface area contributed by atoms with Crippen LogP contribution in [0.3, 0.4) is 0 Å². The Balaban J connectivity index is 1.08. The first-order valence-electron chi connectivity index (χ1n) is 19.8. The topological polar surface area (TPSA) is 3.24 Å². The predicted octanol–water partition coefficient (Wildman–Crippen LogP) is 16.5. The van der Waals surface area contributed by atoms with E-state index in [9.17, 15) is 0 Å². The van der Waals surface area contributed by atoms with Crippen molar-refractivity contribution in [3.05, 3.63) is 224 Å². The number of anilines is 3. The standard InChI is InChI=1S/C56H37NS/c1-2-14-41(15-3-1)47-24-11-18-43-19-12-25-49(55(43)47)48-21-6-8-26-51(48)57(52-27-13-29-54-56(52)50-22-7-9-28-53(50)58-54)44-36-34-39(35-37-44)38-30-32-42(33-31-38)46-23-10-17-40-16-4-5-20-45(40)46/h1-37H. The molecule has 0 saturated heterocycles. The van der Waals surface area contributed by atoms with Crippen LogP contribution in [0.1, 0.15) is 0 Å². The van der Waals surface area contributed by atoms with Crippen molar-refractivity contribution in [3.63, 3.8) is 0 Å². The Morgan fingerprint density at radius 2 is 0.793 bits per heavy atom. The minimum atomic E-state index is 1.11. The second-order valence-electron chi connectivity index (χ2n) is 14.8. The van der Waals surface area contributed by atoms with E-state index < -0.39 is 0 Å². The Bertz CT molecular complexity index is 3260. The van der Waals surface area contributed by atoms with Crippen LogP contribution < -0.4 is 4.90 Å². The average molecular weight is 756 g/mol. The van der Waals surface area contributed by atoms with E-state index >= 15 is 0 Å². The molecule has 272 valence electrons. The molecule has 0 fully saturated rings. The van der Waals surface area contributed by atoms with Gasteiger partial charge in [0.2, 0.25) is 0 Å². The number of hydrogen-bond donors (Lipinski definition) is 0. The van der Waals surface area contributed by atoms with Gasteiger partial charge in [-0.05, 0) is 96.9 Å². The van der Waals surface area contributed by atoms with Gasteiger partial charge in [0.25, 0.3) is 0 Å². The molecule has 1 heterocycles. The van der Waals surface area contributed by atoms with Crippen LogP contribution in [0.15, 0.2) is 224 Å². The second kappa shape index (κ2) is 14.4. The monoisotopic (exact) mass is 755 g/mol. The van der Waals surface area contributed by atoms with Gasteiger partial charge >= 0.3 is 0 Å². The Kier molecular flexibility index (Phi) is 8.42. The first kappa shape index (κ1) is 34.0. The molecule has 11 aromatic rings. The van der Waals surface area contributed by atoms with Crippen molar-refractivity contribution in [2.75, 3.05) is 4.90 Å². The van der Waals surface area contributed by atoms with Crippen LogP contribution in [0, 0.1) is 0 Å². The van der Waals surface area contributed by atoms with Gasteiger partial charge in [0.1, 0.15) is 0 Å². The Hall–Kier alpha value is -7.26. The van der Waals surface area contributed by atoms with E-state index in [4.69, 9.17) is 0 Å². The van der Waals surface area contributed by atoms with Crippen molar-refractivity contribution in [2.45, 2.75) is 0 Å². The minimum absolute atomic E-state index is 1.11. The highest BCUT2D eigenvalue weighted by Crippen LogP contribution is 2.49. The van der Waals surface area contributed by atoms with Crippen LogP contribution >= 0.6 is 11.3 Å². The molecule has 10 aromatic carbocycles.